The first-order valence-corrected chi connectivity index (χ1v) is 5.34. The van der Waals surface area contributed by atoms with E-state index in [4.69, 9.17) is 0 Å². The van der Waals surface area contributed by atoms with Gasteiger partial charge < -0.3 is 10.1 Å². The maximum absolute atomic E-state index is 11.7. The molecule has 1 atom stereocenters. The van der Waals surface area contributed by atoms with Crippen LogP contribution in [0.2, 0.25) is 0 Å². The van der Waals surface area contributed by atoms with Crippen molar-refractivity contribution in [1.82, 2.24) is 5.32 Å². The molecule has 0 bridgehead atoms. The van der Waals surface area contributed by atoms with E-state index in [1.165, 1.54) is 0 Å². The highest BCUT2D eigenvalue weighted by Gasteiger charge is 2.27. The third-order valence-electron chi connectivity index (χ3n) is 2.20. The molecule has 5 heteroatoms. The van der Waals surface area contributed by atoms with Crippen molar-refractivity contribution in [2.45, 2.75) is 32.9 Å². The molecule has 0 saturated heterocycles. The standard InChI is InChI=1S/C10H20F3NO/c1-3-9(7-14-4-2)5-6-15-8-10(11,12)13/h9,14H,3-8H2,1-2H3. The topological polar surface area (TPSA) is 21.3 Å². The van der Waals surface area contributed by atoms with Crippen LogP contribution in [-0.4, -0.2) is 32.5 Å². The summed E-state index contributed by atoms with van der Waals surface area (Å²) in [6, 6.07) is 0. The molecule has 1 N–H and O–H groups in total. The molecule has 0 saturated carbocycles. The fourth-order valence-corrected chi connectivity index (χ4v) is 1.24. The summed E-state index contributed by atoms with van der Waals surface area (Å²) in [5, 5.41) is 3.18. The highest BCUT2D eigenvalue weighted by Crippen LogP contribution is 2.15. The van der Waals surface area contributed by atoms with E-state index in [0.717, 1.165) is 19.5 Å². The fourth-order valence-electron chi connectivity index (χ4n) is 1.24. The Balaban J connectivity index is 3.46. The van der Waals surface area contributed by atoms with Gasteiger partial charge in [0.1, 0.15) is 6.61 Å². The molecule has 0 aliphatic rings. The van der Waals surface area contributed by atoms with E-state index in [1.807, 2.05) is 13.8 Å². The van der Waals surface area contributed by atoms with Crippen LogP contribution >= 0.6 is 0 Å². The number of hydrogen-bond donors (Lipinski definition) is 1. The van der Waals surface area contributed by atoms with Crippen molar-refractivity contribution in [2.24, 2.45) is 5.92 Å². The summed E-state index contributed by atoms with van der Waals surface area (Å²) in [7, 11) is 0. The van der Waals surface area contributed by atoms with Gasteiger partial charge in [-0.05, 0) is 25.4 Å². The van der Waals surface area contributed by atoms with Crippen LogP contribution in [-0.2, 0) is 4.74 Å². The Bertz CT molecular complexity index is 150. The minimum Gasteiger partial charge on any atom is -0.372 e. The van der Waals surface area contributed by atoms with Crippen molar-refractivity contribution in [1.29, 1.82) is 0 Å². The molecule has 0 amide bonds. The second kappa shape index (κ2) is 7.93. The summed E-state index contributed by atoms with van der Waals surface area (Å²) in [5.41, 5.74) is 0. The lowest BCUT2D eigenvalue weighted by molar-refractivity contribution is -0.174. The molecule has 0 radical (unpaired) electrons. The summed E-state index contributed by atoms with van der Waals surface area (Å²) in [4.78, 5) is 0. The minimum atomic E-state index is -4.20. The molecule has 0 aromatic carbocycles. The van der Waals surface area contributed by atoms with Gasteiger partial charge >= 0.3 is 6.18 Å². The molecule has 0 aromatic rings. The molecule has 0 rings (SSSR count). The zero-order valence-corrected chi connectivity index (χ0v) is 9.36. The zero-order chi connectivity index (χ0) is 11.7. The van der Waals surface area contributed by atoms with Gasteiger partial charge in [-0.15, -0.1) is 0 Å². The van der Waals surface area contributed by atoms with Crippen LogP contribution in [0, 0.1) is 5.92 Å². The predicted molar refractivity (Wildman–Crippen MR) is 53.8 cm³/mol. The number of ether oxygens (including phenoxy) is 1. The highest BCUT2D eigenvalue weighted by atomic mass is 19.4. The van der Waals surface area contributed by atoms with Crippen molar-refractivity contribution in [3.8, 4) is 0 Å². The molecular formula is C10H20F3NO. The number of halogens is 3. The first kappa shape index (κ1) is 14.7. The number of hydrogen-bond acceptors (Lipinski definition) is 2. The molecule has 92 valence electrons. The molecule has 2 nitrogen and oxygen atoms in total. The Labute approximate surface area is 89.2 Å². The lowest BCUT2D eigenvalue weighted by Gasteiger charge is -2.15. The smallest absolute Gasteiger partial charge is 0.372 e. The van der Waals surface area contributed by atoms with Gasteiger partial charge in [0.15, 0.2) is 0 Å². The van der Waals surface area contributed by atoms with Gasteiger partial charge in [-0.2, -0.15) is 13.2 Å². The van der Waals surface area contributed by atoms with Gasteiger partial charge in [-0.25, -0.2) is 0 Å². The lowest BCUT2D eigenvalue weighted by atomic mass is 10.0. The lowest BCUT2D eigenvalue weighted by Crippen LogP contribution is -2.24. The largest absolute Gasteiger partial charge is 0.411 e. The summed E-state index contributed by atoms with van der Waals surface area (Å²) in [6.07, 6.45) is -2.56. The van der Waals surface area contributed by atoms with Crippen LogP contribution in [0.15, 0.2) is 0 Å². The van der Waals surface area contributed by atoms with Crippen LogP contribution < -0.4 is 5.32 Å². The van der Waals surface area contributed by atoms with Crippen molar-refractivity contribution >= 4 is 0 Å². The Morgan fingerprint density at radius 3 is 2.40 bits per heavy atom. The van der Waals surface area contributed by atoms with Crippen LogP contribution in [0.3, 0.4) is 0 Å². The summed E-state index contributed by atoms with van der Waals surface area (Å²) < 4.78 is 39.7. The van der Waals surface area contributed by atoms with Crippen LogP contribution in [0.1, 0.15) is 26.7 Å². The van der Waals surface area contributed by atoms with E-state index < -0.39 is 12.8 Å². The Hall–Kier alpha value is -0.290. The first-order valence-electron chi connectivity index (χ1n) is 5.34. The molecule has 1 unspecified atom stereocenters. The van der Waals surface area contributed by atoms with Gasteiger partial charge in [0.25, 0.3) is 0 Å². The maximum atomic E-state index is 11.7. The van der Waals surface area contributed by atoms with Crippen molar-refractivity contribution < 1.29 is 17.9 Å². The summed E-state index contributed by atoms with van der Waals surface area (Å²) >= 11 is 0. The second-order valence-electron chi connectivity index (χ2n) is 3.54. The van der Waals surface area contributed by atoms with Gasteiger partial charge in [-0.3, -0.25) is 0 Å². The van der Waals surface area contributed by atoms with Gasteiger partial charge in [0.2, 0.25) is 0 Å². The van der Waals surface area contributed by atoms with Gasteiger partial charge in [-0.1, -0.05) is 20.3 Å². The number of rotatable bonds is 8. The zero-order valence-electron chi connectivity index (χ0n) is 9.36. The van der Waals surface area contributed by atoms with Crippen molar-refractivity contribution in [3.05, 3.63) is 0 Å². The van der Waals surface area contributed by atoms with Crippen molar-refractivity contribution in [2.75, 3.05) is 26.3 Å². The van der Waals surface area contributed by atoms with E-state index in [9.17, 15) is 13.2 Å². The Morgan fingerprint density at radius 1 is 1.27 bits per heavy atom. The highest BCUT2D eigenvalue weighted by molar-refractivity contribution is 4.60. The molecule has 15 heavy (non-hydrogen) atoms. The minimum absolute atomic E-state index is 0.184. The average Bonchev–Trinajstić information content (AvgIpc) is 2.15. The van der Waals surface area contributed by atoms with E-state index in [2.05, 4.69) is 10.1 Å². The SMILES string of the molecule is CCNCC(CC)CCOCC(F)(F)F. The molecule has 0 aromatic heterocycles. The second-order valence-corrected chi connectivity index (χ2v) is 3.54. The molecule has 0 aliphatic carbocycles. The van der Waals surface area contributed by atoms with Crippen molar-refractivity contribution in [3.63, 3.8) is 0 Å². The van der Waals surface area contributed by atoms with E-state index in [-0.39, 0.29) is 6.61 Å². The van der Waals surface area contributed by atoms with Crippen LogP contribution in [0.25, 0.3) is 0 Å². The van der Waals surface area contributed by atoms with Crippen LogP contribution in [0.4, 0.5) is 13.2 Å². The summed E-state index contributed by atoms with van der Waals surface area (Å²) in [6.45, 7) is 4.83. The number of nitrogens with one attached hydrogen (secondary N) is 1. The first-order chi connectivity index (χ1) is 6.99. The van der Waals surface area contributed by atoms with E-state index >= 15 is 0 Å². The Morgan fingerprint density at radius 2 is 1.93 bits per heavy atom. The molecule has 0 fully saturated rings. The monoisotopic (exact) mass is 227 g/mol. The third-order valence-corrected chi connectivity index (χ3v) is 2.20. The maximum Gasteiger partial charge on any atom is 0.411 e. The molecule has 0 aliphatic heterocycles. The van der Waals surface area contributed by atoms with E-state index in [1.54, 1.807) is 0 Å². The molecule has 0 heterocycles. The molecule has 0 spiro atoms. The fraction of sp³-hybridized carbons (Fsp3) is 1.00. The predicted octanol–water partition coefficient (Wildman–Crippen LogP) is 2.59. The Kier molecular flexibility index (Phi) is 7.78. The summed E-state index contributed by atoms with van der Waals surface area (Å²) in [5.74, 6) is 0.401. The normalized spacial score (nSPS) is 14.2. The molecular weight excluding hydrogens is 207 g/mol. The van der Waals surface area contributed by atoms with E-state index in [0.29, 0.717) is 12.3 Å². The quantitative estimate of drug-likeness (QED) is 0.643. The average molecular weight is 227 g/mol. The third kappa shape index (κ3) is 10.0. The van der Waals surface area contributed by atoms with Crippen LogP contribution in [0.5, 0.6) is 0 Å². The van der Waals surface area contributed by atoms with Gasteiger partial charge in [0, 0.05) is 6.61 Å². The van der Waals surface area contributed by atoms with Gasteiger partial charge in [0.05, 0.1) is 0 Å². The number of alkyl halides is 3.